The van der Waals surface area contributed by atoms with E-state index in [-0.39, 0.29) is 17.1 Å². The van der Waals surface area contributed by atoms with Gasteiger partial charge in [-0.05, 0) is 12.1 Å². The maximum Gasteiger partial charge on any atom is 0.503 e. The van der Waals surface area contributed by atoms with Gasteiger partial charge in [-0.3, -0.25) is 4.79 Å². The fraction of sp³-hybridized carbons (Fsp3) is 0.182. The van der Waals surface area contributed by atoms with Crippen molar-refractivity contribution in [1.29, 1.82) is 0 Å². The van der Waals surface area contributed by atoms with Crippen molar-refractivity contribution in [3.8, 4) is 0 Å². The predicted octanol–water partition coefficient (Wildman–Crippen LogP) is 2.67. The van der Waals surface area contributed by atoms with E-state index in [1.54, 1.807) is 18.2 Å². The summed E-state index contributed by atoms with van der Waals surface area (Å²) in [6.07, 6.45) is -2.62. The van der Waals surface area contributed by atoms with Gasteiger partial charge in [0.1, 0.15) is 0 Å². The molecule has 1 heterocycles. The van der Waals surface area contributed by atoms with Crippen LogP contribution in [0, 0.1) is 0 Å². The fourth-order valence-electron chi connectivity index (χ4n) is 1.56. The van der Waals surface area contributed by atoms with Crippen LogP contribution in [0.3, 0.4) is 0 Å². The number of rotatable bonds is 1. The molecule has 0 spiro atoms. The second-order valence-corrected chi connectivity index (χ2v) is 3.44. The first kappa shape index (κ1) is 11.5. The van der Waals surface area contributed by atoms with Crippen LogP contribution in [0.25, 0.3) is 0 Å². The van der Waals surface area contributed by atoms with Crippen molar-refractivity contribution in [2.24, 2.45) is 0 Å². The molecule has 0 unspecified atom stereocenters. The number of hydrazine groups is 1. The van der Waals surface area contributed by atoms with Crippen LogP contribution in [0.4, 0.5) is 18.9 Å². The number of carbonyl (C=O) groups is 1. The highest BCUT2D eigenvalue weighted by Gasteiger charge is 2.43. The maximum atomic E-state index is 12.7. The topological polar surface area (TPSA) is 23.6 Å². The van der Waals surface area contributed by atoms with E-state index in [0.717, 1.165) is 6.20 Å². The molecule has 0 aliphatic carbocycles. The molecule has 0 fully saturated rings. The monoisotopic (exact) mass is 242 g/mol. The van der Waals surface area contributed by atoms with E-state index in [1.807, 2.05) is 0 Å². The van der Waals surface area contributed by atoms with Crippen LogP contribution < -0.4 is 5.01 Å². The lowest BCUT2D eigenvalue weighted by Gasteiger charge is -2.36. The molecule has 3 nitrogen and oxygen atoms in total. The van der Waals surface area contributed by atoms with Crippen molar-refractivity contribution in [3.05, 3.63) is 42.6 Å². The molecular formula is C11H9F3N2O. The van der Waals surface area contributed by atoms with Crippen molar-refractivity contribution in [3.63, 3.8) is 0 Å². The van der Waals surface area contributed by atoms with Crippen molar-refractivity contribution in [2.75, 3.05) is 5.01 Å². The number of anilines is 1. The van der Waals surface area contributed by atoms with Crippen molar-refractivity contribution in [2.45, 2.75) is 12.7 Å². The molecule has 17 heavy (non-hydrogen) atoms. The SMILES string of the molecule is O=C1CC=CN(C(F)(F)F)N1c1ccccc1. The van der Waals surface area contributed by atoms with Crippen LogP contribution in [-0.4, -0.2) is 17.2 Å². The number of para-hydroxylation sites is 1. The van der Waals surface area contributed by atoms with Crippen LogP contribution in [-0.2, 0) is 4.79 Å². The van der Waals surface area contributed by atoms with Crippen LogP contribution in [0.5, 0.6) is 0 Å². The lowest BCUT2D eigenvalue weighted by atomic mass is 10.2. The lowest BCUT2D eigenvalue weighted by molar-refractivity contribution is -0.232. The third kappa shape index (κ3) is 2.25. The Labute approximate surface area is 95.7 Å². The number of benzene rings is 1. The Balaban J connectivity index is 2.41. The third-order valence-corrected chi connectivity index (χ3v) is 2.25. The van der Waals surface area contributed by atoms with E-state index < -0.39 is 12.2 Å². The zero-order chi connectivity index (χ0) is 12.5. The Morgan fingerprint density at radius 3 is 2.35 bits per heavy atom. The largest absolute Gasteiger partial charge is 0.503 e. The van der Waals surface area contributed by atoms with E-state index in [0.29, 0.717) is 5.01 Å². The van der Waals surface area contributed by atoms with Gasteiger partial charge in [-0.25, -0.2) is 5.01 Å². The van der Waals surface area contributed by atoms with E-state index in [4.69, 9.17) is 0 Å². The minimum atomic E-state index is -4.62. The molecule has 0 bridgehead atoms. The molecule has 0 aromatic heterocycles. The molecule has 0 saturated carbocycles. The van der Waals surface area contributed by atoms with Gasteiger partial charge < -0.3 is 0 Å². The summed E-state index contributed by atoms with van der Waals surface area (Å²) in [4.78, 5) is 11.6. The Morgan fingerprint density at radius 2 is 1.76 bits per heavy atom. The molecule has 0 saturated heterocycles. The summed E-state index contributed by atoms with van der Waals surface area (Å²) in [5.41, 5.74) is 0.194. The summed E-state index contributed by atoms with van der Waals surface area (Å²) in [5.74, 6) is -0.615. The summed E-state index contributed by atoms with van der Waals surface area (Å²) in [7, 11) is 0. The number of amides is 1. The average Bonchev–Trinajstić information content (AvgIpc) is 2.28. The second kappa shape index (κ2) is 4.12. The first-order valence-electron chi connectivity index (χ1n) is 4.91. The van der Waals surface area contributed by atoms with Crippen LogP contribution >= 0.6 is 0 Å². The first-order valence-corrected chi connectivity index (χ1v) is 4.91. The van der Waals surface area contributed by atoms with Gasteiger partial charge in [0, 0.05) is 12.6 Å². The van der Waals surface area contributed by atoms with Crippen LogP contribution in [0.2, 0.25) is 0 Å². The van der Waals surface area contributed by atoms with E-state index in [9.17, 15) is 18.0 Å². The number of alkyl halides is 3. The van der Waals surface area contributed by atoms with Gasteiger partial charge in [-0.2, -0.15) is 5.01 Å². The molecule has 0 N–H and O–H groups in total. The summed E-state index contributed by atoms with van der Waals surface area (Å²) in [5, 5.41) is 0.605. The third-order valence-electron chi connectivity index (χ3n) is 2.25. The summed E-state index contributed by atoms with van der Waals surface area (Å²) < 4.78 is 38.2. The minimum Gasteiger partial charge on any atom is -0.272 e. The Hall–Kier alpha value is -1.98. The minimum absolute atomic E-state index is 0.0197. The Kier molecular flexibility index (Phi) is 2.79. The summed E-state index contributed by atoms with van der Waals surface area (Å²) >= 11 is 0. The van der Waals surface area contributed by atoms with Crippen molar-refractivity contribution in [1.82, 2.24) is 5.01 Å². The summed E-state index contributed by atoms with van der Waals surface area (Å²) in [6.45, 7) is 0. The molecule has 1 aromatic carbocycles. The van der Waals surface area contributed by atoms with Gasteiger partial charge in [0.25, 0.3) is 0 Å². The fourth-order valence-corrected chi connectivity index (χ4v) is 1.56. The molecule has 2 rings (SSSR count). The highest BCUT2D eigenvalue weighted by Crippen LogP contribution is 2.30. The lowest BCUT2D eigenvalue weighted by Crippen LogP contribution is -2.52. The second-order valence-electron chi connectivity index (χ2n) is 3.44. The van der Waals surface area contributed by atoms with E-state index in [2.05, 4.69) is 0 Å². The number of hydrogen-bond acceptors (Lipinski definition) is 2. The smallest absolute Gasteiger partial charge is 0.272 e. The molecule has 1 aliphatic rings. The Morgan fingerprint density at radius 1 is 1.12 bits per heavy atom. The molecular weight excluding hydrogens is 233 g/mol. The number of nitrogens with zero attached hydrogens (tertiary/aromatic N) is 2. The van der Waals surface area contributed by atoms with Crippen molar-refractivity contribution < 1.29 is 18.0 Å². The highest BCUT2D eigenvalue weighted by molar-refractivity contribution is 5.94. The quantitative estimate of drug-likeness (QED) is 0.707. The van der Waals surface area contributed by atoms with Gasteiger partial charge in [-0.1, -0.05) is 24.3 Å². The molecule has 90 valence electrons. The van der Waals surface area contributed by atoms with Crippen LogP contribution in [0.1, 0.15) is 6.42 Å². The Bertz CT molecular complexity index is 442. The predicted molar refractivity (Wildman–Crippen MR) is 55.6 cm³/mol. The first-order chi connectivity index (χ1) is 8.00. The van der Waals surface area contributed by atoms with Crippen molar-refractivity contribution >= 4 is 11.6 Å². The molecule has 0 radical (unpaired) electrons. The number of halogens is 3. The van der Waals surface area contributed by atoms with Gasteiger partial charge in [0.15, 0.2) is 0 Å². The number of hydrogen-bond donors (Lipinski definition) is 0. The van der Waals surface area contributed by atoms with E-state index >= 15 is 0 Å². The molecule has 0 atom stereocenters. The maximum absolute atomic E-state index is 12.7. The normalized spacial score (nSPS) is 16.5. The average molecular weight is 242 g/mol. The highest BCUT2D eigenvalue weighted by atomic mass is 19.4. The van der Waals surface area contributed by atoms with E-state index in [1.165, 1.54) is 18.2 Å². The van der Waals surface area contributed by atoms with Gasteiger partial charge in [0.05, 0.1) is 5.69 Å². The zero-order valence-electron chi connectivity index (χ0n) is 8.69. The van der Waals surface area contributed by atoms with Gasteiger partial charge in [-0.15, -0.1) is 13.2 Å². The van der Waals surface area contributed by atoms with Gasteiger partial charge >= 0.3 is 6.30 Å². The molecule has 1 aliphatic heterocycles. The molecule has 1 aromatic rings. The number of carbonyl (C=O) groups excluding carboxylic acids is 1. The molecule has 1 amide bonds. The zero-order valence-corrected chi connectivity index (χ0v) is 8.69. The molecule has 6 heteroatoms. The van der Waals surface area contributed by atoms with Gasteiger partial charge in [0.2, 0.25) is 5.91 Å². The standard InChI is InChI=1S/C11H9F3N2O/c12-11(13,14)15-8-4-7-10(17)16(15)9-5-2-1-3-6-9/h1-6,8H,7H2. The summed E-state index contributed by atoms with van der Waals surface area (Å²) in [6, 6.07) is 7.74. The van der Waals surface area contributed by atoms with Crippen LogP contribution in [0.15, 0.2) is 42.6 Å².